The number of halogens is 1. The molecule has 0 saturated carbocycles. The minimum atomic E-state index is -0.355. The first-order chi connectivity index (χ1) is 13.5. The smallest absolute Gasteiger partial charge is 0.278 e. The highest BCUT2D eigenvalue weighted by atomic mass is 35.5. The van der Waals surface area contributed by atoms with Gasteiger partial charge in [-0.3, -0.25) is 9.59 Å². The number of nitrogens with zero attached hydrogens (tertiary/aromatic N) is 3. The maximum atomic E-state index is 13.2. The highest BCUT2D eigenvalue weighted by molar-refractivity contribution is 6.30. The van der Waals surface area contributed by atoms with Crippen LogP contribution in [-0.2, 0) is 0 Å². The van der Waals surface area contributed by atoms with Gasteiger partial charge in [-0.05, 0) is 49.6 Å². The van der Waals surface area contributed by atoms with Crippen molar-refractivity contribution in [1.29, 1.82) is 0 Å². The second-order valence-corrected chi connectivity index (χ2v) is 7.39. The standard InChI is InChI=1S/C22H20ClN3O2/c1-15-14-20(27)21(24-26(15)18-11-9-17(23)10-12-18)22(28)25-13-5-8-19(25)16-6-3-2-4-7-16/h2-4,6-7,9-12,14,19H,5,8,13H2,1H3/t19-/m0/s1. The number of benzene rings is 2. The molecule has 2 aromatic carbocycles. The largest absolute Gasteiger partial charge is 0.330 e. The first-order valence-electron chi connectivity index (χ1n) is 9.27. The van der Waals surface area contributed by atoms with Crippen LogP contribution in [0.3, 0.4) is 0 Å². The molecule has 1 amide bonds. The third-order valence-electron chi connectivity index (χ3n) is 5.08. The molecule has 0 radical (unpaired) electrons. The molecule has 1 aliphatic heterocycles. The summed E-state index contributed by atoms with van der Waals surface area (Å²) >= 11 is 5.97. The van der Waals surface area contributed by atoms with Crippen molar-refractivity contribution in [3.8, 4) is 5.69 Å². The van der Waals surface area contributed by atoms with E-state index in [-0.39, 0.29) is 23.1 Å². The lowest BCUT2D eigenvalue weighted by molar-refractivity contribution is 0.0726. The molecule has 0 unspecified atom stereocenters. The van der Waals surface area contributed by atoms with Crippen LogP contribution in [0.5, 0.6) is 0 Å². The van der Waals surface area contributed by atoms with E-state index in [9.17, 15) is 9.59 Å². The Hall–Kier alpha value is -2.92. The van der Waals surface area contributed by atoms with Gasteiger partial charge >= 0.3 is 0 Å². The fourth-order valence-electron chi connectivity index (χ4n) is 3.71. The van der Waals surface area contributed by atoms with Crippen LogP contribution in [0.1, 0.15) is 40.6 Å². The predicted octanol–water partition coefficient (Wildman–Crippen LogP) is 4.17. The minimum absolute atomic E-state index is 0.0276. The van der Waals surface area contributed by atoms with Crippen LogP contribution in [0, 0.1) is 6.92 Å². The molecule has 0 bridgehead atoms. The molecule has 1 fully saturated rings. The summed E-state index contributed by atoms with van der Waals surface area (Å²) in [7, 11) is 0. The summed E-state index contributed by atoms with van der Waals surface area (Å²) < 4.78 is 1.61. The number of aromatic nitrogens is 2. The van der Waals surface area contributed by atoms with Crippen LogP contribution in [0.15, 0.2) is 65.5 Å². The third kappa shape index (κ3) is 3.45. The predicted molar refractivity (Wildman–Crippen MR) is 109 cm³/mol. The van der Waals surface area contributed by atoms with Crippen molar-refractivity contribution in [3.05, 3.63) is 92.9 Å². The minimum Gasteiger partial charge on any atom is -0.330 e. The summed E-state index contributed by atoms with van der Waals surface area (Å²) in [6.45, 7) is 2.41. The lowest BCUT2D eigenvalue weighted by Gasteiger charge is -2.25. The van der Waals surface area contributed by atoms with Crippen molar-refractivity contribution in [2.75, 3.05) is 6.54 Å². The normalized spacial score (nSPS) is 16.4. The SMILES string of the molecule is Cc1cc(=O)c(C(=O)N2CCC[C@H]2c2ccccc2)nn1-c1ccc(Cl)cc1. The second kappa shape index (κ2) is 7.60. The van der Waals surface area contributed by atoms with Crippen molar-refractivity contribution in [3.63, 3.8) is 0 Å². The van der Waals surface area contributed by atoms with Crippen LogP contribution in [0.4, 0.5) is 0 Å². The number of carbonyl (C=O) groups excluding carboxylic acids is 1. The molecular weight excluding hydrogens is 374 g/mol. The zero-order valence-corrected chi connectivity index (χ0v) is 16.3. The molecule has 1 aliphatic rings. The zero-order valence-electron chi connectivity index (χ0n) is 15.5. The Bertz CT molecular complexity index is 1060. The van der Waals surface area contributed by atoms with E-state index in [1.165, 1.54) is 6.07 Å². The summed E-state index contributed by atoms with van der Waals surface area (Å²) in [6.07, 6.45) is 1.79. The van der Waals surface area contributed by atoms with Gasteiger partial charge in [0.05, 0.1) is 11.7 Å². The van der Waals surface area contributed by atoms with Gasteiger partial charge in [0.2, 0.25) is 5.43 Å². The van der Waals surface area contributed by atoms with Gasteiger partial charge in [0.15, 0.2) is 5.69 Å². The molecule has 0 spiro atoms. The number of amides is 1. The Balaban J connectivity index is 1.72. The quantitative estimate of drug-likeness (QED) is 0.671. The Labute approximate surface area is 168 Å². The van der Waals surface area contributed by atoms with Crippen molar-refractivity contribution in [2.24, 2.45) is 0 Å². The van der Waals surface area contributed by atoms with Crippen molar-refractivity contribution in [1.82, 2.24) is 14.7 Å². The average Bonchev–Trinajstić information content (AvgIpc) is 3.19. The Morgan fingerprint density at radius 1 is 1.11 bits per heavy atom. The van der Waals surface area contributed by atoms with E-state index in [0.717, 1.165) is 24.1 Å². The first kappa shape index (κ1) is 18.4. The molecule has 1 atom stereocenters. The number of likely N-dealkylation sites (tertiary alicyclic amines) is 1. The van der Waals surface area contributed by atoms with Crippen LogP contribution in [-0.4, -0.2) is 27.1 Å². The zero-order chi connectivity index (χ0) is 19.7. The number of hydrogen-bond acceptors (Lipinski definition) is 3. The summed E-state index contributed by atoms with van der Waals surface area (Å²) in [5.41, 5.74) is 2.08. The average molecular weight is 394 g/mol. The van der Waals surface area contributed by atoms with E-state index in [2.05, 4.69) is 5.10 Å². The Kier molecular flexibility index (Phi) is 5.01. The number of aryl methyl sites for hydroxylation is 1. The van der Waals surface area contributed by atoms with E-state index >= 15 is 0 Å². The van der Waals surface area contributed by atoms with E-state index in [1.807, 2.05) is 42.5 Å². The molecule has 1 aromatic heterocycles. The lowest BCUT2D eigenvalue weighted by Crippen LogP contribution is -2.36. The summed E-state index contributed by atoms with van der Waals surface area (Å²) in [5.74, 6) is -0.320. The fraction of sp³-hybridized carbons (Fsp3) is 0.227. The first-order valence-corrected chi connectivity index (χ1v) is 9.65. The van der Waals surface area contributed by atoms with Gasteiger partial charge in [-0.15, -0.1) is 0 Å². The van der Waals surface area contributed by atoms with E-state index < -0.39 is 0 Å². The van der Waals surface area contributed by atoms with E-state index in [1.54, 1.807) is 28.6 Å². The molecule has 1 saturated heterocycles. The second-order valence-electron chi connectivity index (χ2n) is 6.95. The Morgan fingerprint density at radius 3 is 2.54 bits per heavy atom. The van der Waals surface area contributed by atoms with E-state index in [0.29, 0.717) is 17.3 Å². The van der Waals surface area contributed by atoms with Gasteiger partial charge in [-0.2, -0.15) is 5.10 Å². The number of rotatable bonds is 3. The molecule has 3 aromatic rings. The van der Waals surface area contributed by atoms with Crippen molar-refractivity contribution in [2.45, 2.75) is 25.8 Å². The third-order valence-corrected chi connectivity index (χ3v) is 5.33. The van der Waals surface area contributed by atoms with Crippen LogP contribution >= 0.6 is 11.6 Å². The maximum absolute atomic E-state index is 13.2. The van der Waals surface area contributed by atoms with Gasteiger partial charge < -0.3 is 4.90 Å². The molecular formula is C22H20ClN3O2. The summed E-state index contributed by atoms with van der Waals surface area (Å²) in [5, 5.41) is 5.03. The van der Waals surface area contributed by atoms with Gasteiger partial charge in [-0.25, -0.2) is 4.68 Å². The van der Waals surface area contributed by atoms with Gasteiger partial charge in [0.1, 0.15) is 0 Å². The monoisotopic (exact) mass is 393 g/mol. The van der Waals surface area contributed by atoms with Crippen LogP contribution in [0.25, 0.3) is 5.69 Å². The summed E-state index contributed by atoms with van der Waals surface area (Å²) in [4.78, 5) is 27.6. The summed E-state index contributed by atoms with van der Waals surface area (Å²) in [6, 6.07) is 18.5. The number of hydrogen-bond donors (Lipinski definition) is 0. The molecule has 6 heteroatoms. The molecule has 0 aliphatic carbocycles. The Morgan fingerprint density at radius 2 is 1.82 bits per heavy atom. The van der Waals surface area contributed by atoms with Crippen LogP contribution in [0.2, 0.25) is 5.02 Å². The molecule has 2 heterocycles. The van der Waals surface area contributed by atoms with Crippen molar-refractivity contribution < 1.29 is 4.79 Å². The number of carbonyl (C=O) groups is 1. The highest BCUT2D eigenvalue weighted by Gasteiger charge is 2.32. The van der Waals surface area contributed by atoms with Crippen molar-refractivity contribution >= 4 is 17.5 Å². The highest BCUT2D eigenvalue weighted by Crippen LogP contribution is 2.32. The molecule has 4 rings (SSSR count). The van der Waals surface area contributed by atoms with Gasteiger partial charge in [0.25, 0.3) is 5.91 Å². The van der Waals surface area contributed by atoms with Gasteiger partial charge in [0, 0.05) is 23.3 Å². The fourth-order valence-corrected chi connectivity index (χ4v) is 3.83. The topological polar surface area (TPSA) is 55.2 Å². The van der Waals surface area contributed by atoms with Gasteiger partial charge in [-0.1, -0.05) is 41.9 Å². The van der Waals surface area contributed by atoms with E-state index in [4.69, 9.17) is 11.6 Å². The van der Waals surface area contributed by atoms with Crippen LogP contribution < -0.4 is 5.43 Å². The molecule has 142 valence electrons. The lowest BCUT2D eigenvalue weighted by atomic mass is 10.0. The molecule has 5 nitrogen and oxygen atoms in total. The molecule has 28 heavy (non-hydrogen) atoms. The maximum Gasteiger partial charge on any atom is 0.278 e. The molecule has 0 N–H and O–H groups in total.